The van der Waals surface area contributed by atoms with Crippen molar-refractivity contribution in [3.8, 4) is 0 Å². The molecule has 0 atom stereocenters. The van der Waals surface area contributed by atoms with Crippen molar-refractivity contribution in [2.24, 2.45) is 0 Å². The van der Waals surface area contributed by atoms with Crippen LogP contribution in [0.4, 0.5) is 0 Å². The predicted octanol–water partition coefficient (Wildman–Crippen LogP) is 2.85. The molecule has 0 bridgehead atoms. The first-order valence-corrected chi connectivity index (χ1v) is 6.09. The van der Waals surface area contributed by atoms with Gasteiger partial charge in [-0.25, -0.2) is 5.32 Å². The summed E-state index contributed by atoms with van der Waals surface area (Å²) in [7, 11) is 0. The molecule has 1 aliphatic rings. The molecule has 0 amide bonds. The van der Waals surface area contributed by atoms with Crippen LogP contribution in [0.1, 0.15) is 18.4 Å². The van der Waals surface area contributed by atoms with E-state index in [0.29, 0.717) is 0 Å². The van der Waals surface area contributed by atoms with Crippen molar-refractivity contribution >= 4 is 11.8 Å². The van der Waals surface area contributed by atoms with Gasteiger partial charge in [0.05, 0.1) is 0 Å². The van der Waals surface area contributed by atoms with Crippen LogP contribution in [-0.2, 0) is 0 Å². The standard InChI is InChI=1S/C12H16NS/c1-10-2-4-11(5-3-10)14-12-6-8-13-9-7-12/h2-5,12H,6-9H2,1H3. The second-order valence-corrected chi connectivity index (χ2v) is 5.17. The molecule has 0 aromatic heterocycles. The fraction of sp³-hybridized carbons (Fsp3) is 0.500. The number of thioether (sulfide) groups is 1. The SMILES string of the molecule is Cc1ccc(SC2CC[N]CC2)cc1. The average molecular weight is 206 g/mol. The van der Waals surface area contributed by atoms with Gasteiger partial charge in [0.15, 0.2) is 0 Å². The molecule has 2 rings (SSSR count). The molecular formula is C12H16NS. The summed E-state index contributed by atoms with van der Waals surface area (Å²) in [6.45, 7) is 4.25. The molecule has 0 saturated carbocycles. The van der Waals surface area contributed by atoms with Crippen LogP contribution in [0.2, 0.25) is 0 Å². The smallest absolute Gasteiger partial charge is 0.0144 e. The molecule has 75 valence electrons. The average Bonchev–Trinajstić information content (AvgIpc) is 2.23. The molecule has 0 N–H and O–H groups in total. The highest BCUT2D eigenvalue weighted by Gasteiger charge is 2.14. The quantitative estimate of drug-likeness (QED) is 0.725. The minimum atomic E-state index is 0.787. The van der Waals surface area contributed by atoms with Crippen LogP contribution in [-0.4, -0.2) is 18.3 Å². The Balaban J connectivity index is 1.92. The Labute approximate surface area is 90.3 Å². The van der Waals surface area contributed by atoms with Crippen molar-refractivity contribution in [1.29, 1.82) is 0 Å². The number of hydrogen-bond donors (Lipinski definition) is 0. The van der Waals surface area contributed by atoms with Gasteiger partial charge >= 0.3 is 0 Å². The Morgan fingerprint density at radius 1 is 1.14 bits per heavy atom. The summed E-state index contributed by atoms with van der Waals surface area (Å²) in [4.78, 5) is 1.41. The van der Waals surface area contributed by atoms with E-state index in [1.165, 1.54) is 23.3 Å². The monoisotopic (exact) mass is 206 g/mol. The molecule has 0 aliphatic carbocycles. The van der Waals surface area contributed by atoms with E-state index in [9.17, 15) is 0 Å². The Morgan fingerprint density at radius 2 is 1.79 bits per heavy atom. The van der Waals surface area contributed by atoms with Gasteiger partial charge in [0.25, 0.3) is 0 Å². The van der Waals surface area contributed by atoms with E-state index in [-0.39, 0.29) is 0 Å². The summed E-state index contributed by atoms with van der Waals surface area (Å²) in [5, 5.41) is 5.16. The highest BCUT2D eigenvalue weighted by Crippen LogP contribution is 2.28. The third-order valence-corrected chi connectivity index (χ3v) is 3.89. The van der Waals surface area contributed by atoms with Crippen LogP contribution in [0, 0.1) is 6.92 Å². The zero-order valence-electron chi connectivity index (χ0n) is 8.57. The third kappa shape index (κ3) is 2.76. The van der Waals surface area contributed by atoms with E-state index in [2.05, 4.69) is 36.5 Å². The summed E-state index contributed by atoms with van der Waals surface area (Å²) < 4.78 is 0. The first-order chi connectivity index (χ1) is 6.84. The van der Waals surface area contributed by atoms with Crippen LogP contribution in [0.25, 0.3) is 0 Å². The molecule has 1 radical (unpaired) electrons. The van der Waals surface area contributed by atoms with E-state index in [4.69, 9.17) is 0 Å². The van der Waals surface area contributed by atoms with Crippen molar-refractivity contribution in [2.75, 3.05) is 13.1 Å². The molecule has 1 aromatic carbocycles. The maximum atomic E-state index is 4.37. The highest BCUT2D eigenvalue weighted by atomic mass is 32.2. The summed E-state index contributed by atoms with van der Waals surface area (Å²) in [6, 6.07) is 8.84. The van der Waals surface area contributed by atoms with Crippen molar-refractivity contribution in [2.45, 2.75) is 29.9 Å². The number of nitrogens with zero attached hydrogens (tertiary/aromatic N) is 1. The van der Waals surface area contributed by atoms with E-state index in [0.717, 1.165) is 18.3 Å². The van der Waals surface area contributed by atoms with E-state index in [1.807, 2.05) is 11.8 Å². The maximum absolute atomic E-state index is 4.37. The van der Waals surface area contributed by atoms with Crippen LogP contribution in [0.5, 0.6) is 0 Å². The zero-order chi connectivity index (χ0) is 9.80. The molecule has 0 spiro atoms. The molecule has 2 heteroatoms. The number of benzene rings is 1. The van der Waals surface area contributed by atoms with Gasteiger partial charge in [-0.1, -0.05) is 17.7 Å². The molecule has 1 aromatic rings. The van der Waals surface area contributed by atoms with Gasteiger partial charge in [0, 0.05) is 23.2 Å². The minimum Gasteiger partial charge on any atom is -0.242 e. The van der Waals surface area contributed by atoms with Crippen molar-refractivity contribution in [1.82, 2.24) is 5.32 Å². The van der Waals surface area contributed by atoms with Crippen LogP contribution in [0.3, 0.4) is 0 Å². The van der Waals surface area contributed by atoms with Crippen LogP contribution < -0.4 is 5.32 Å². The largest absolute Gasteiger partial charge is 0.242 e. The van der Waals surface area contributed by atoms with E-state index < -0.39 is 0 Å². The lowest BCUT2D eigenvalue weighted by Gasteiger charge is -2.20. The van der Waals surface area contributed by atoms with Gasteiger partial charge in [0.2, 0.25) is 0 Å². The van der Waals surface area contributed by atoms with Gasteiger partial charge in [-0.15, -0.1) is 11.8 Å². The third-order valence-electron chi connectivity index (χ3n) is 2.54. The molecular weight excluding hydrogens is 190 g/mol. The Morgan fingerprint density at radius 3 is 2.43 bits per heavy atom. The molecule has 1 aliphatic heterocycles. The van der Waals surface area contributed by atoms with Gasteiger partial charge in [-0.05, 0) is 31.9 Å². The second-order valence-electron chi connectivity index (χ2n) is 3.80. The maximum Gasteiger partial charge on any atom is 0.0144 e. The van der Waals surface area contributed by atoms with Gasteiger partial charge in [-0.3, -0.25) is 0 Å². The lowest BCUT2D eigenvalue weighted by molar-refractivity contribution is 0.522. The molecule has 0 unspecified atom stereocenters. The zero-order valence-corrected chi connectivity index (χ0v) is 9.39. The topological polar surface area (TPSA) is 14.1 Å². The minimum absolute atomic E-state index is 0.787. The normalized spacial score (nSPS) is 18.4. The summed E-state index contributed by atoms with van der Waals surface area (Å²) in [5.41, 5.74) is 1.34. The molecule has 1 heterocycles. The number of piperidine rings is 1. The van der Waals surface area contributed by atoms with Crippen LogP contribution >= 0.6 is 11.8 Å². The fourth-order valence-electron chi connectivity index (χ4n) is 1.65. The molecule has 1 saturated heterocycles. The summed E-state index contributed by atoms with van der Waals surface area (Å²) in [6.07, 6.45) is 2.50. The molecule has 1 nitrogen and oxygen atoms in total. The fourth-order valence-corrected chi connectivity index (χ4v) is 2.78. The first-order valence-electron chi connectivity index (χ1n) is 5.21. The van der Waals surface area contributed by atoms with Gasteiger partial charge < -0.3 is 0 Å². The van der Waals surface area contributed by atoms with Gasteiger partial charge in [-0.2, -0.15) is 0 Å². The lowest BCUT2D eigenvalue weighted by Crippen LogP contribution is -2.23. The Kier molecular flexibility index (Phi) is 3.49. The second kappa shape index (κ2) is 4.85. The number of hydrogen-bond acceptors (Lipinski definition) is 1. The van der Waals surface area contributed by atoms with Crippen LogP contribution in [0.15, 0.2) is 29.2 Å². The number of rotatable bonds is 2. The first kappa shape index (κ1) is 10.1. The van der Waals surface area contributed by atoms with Crippen molar-refractivity contribution < 1.29 is 0 Å². The number of aryl methyl sites for hydroxylation is 1. The summed E-state index contributed by atoms with van der Waals surface area (Å²) in [5.74, 6) is 0. The van der Waals surface area contributed by atoms with E-state index >= 15 is 0 Å². The lowest BCUT2D eigenvalue weighted by atomic mass is 10.2. The van der Waals surface area contributed by atoms with Gasteiger partial charge in [0.1, 0.15) is 0 Å². The summed E-state index contributed by atoms with van der Waals surface area (Å²) >= 11 is 2.01. The Bertz CT molecular complexity index is 275. The van der Waals surface area contributed by atoms with Crippen molar-refractivity contribution in [3.05, 3.63) is 29.8 Å². The molecule has 14 heavy (non-hydrogen) atoms. The Hall–Kier alpha value is -0.470. The van der Waals surface area contributed by atoms with Crippen molar-refractivity contribution in [3.63, 3.8) is 0 Å². The molecule has 1 fully saturated rings. The highest BCUT2D eigenvalue weighted by molar-refractivity contribution is 8.00. The van der Waals surface area contributed by atoms with E-state index in [1.54, 1.807) is 0 Å². The predicted molar refractivity (Wildman–Crippen MR) is 61.9 cm³/mol.